The highest BCUT2D eigenvalue weighted by Crippen LogP contribution is 2.17. The summed E-state index contributed by atoms with van der Waals surface area (Å²) in [5.41, 5.74) is 1.58. The number of aryl methyl sites for hydroxylation is 1. The van der Waals surface area contributed by atoms with Gasteiger partial charge in [-0.1, -0.05) is 6.07 Å². The third kappa shape index (κ3) is 2.22. The number of fused-ring (bicyclic) bond motifs is 1. The van der Waals surface area contributed by atoms with Gasteiger partial charge in [-0.15, -0.1) is 0 Å². The van der Waals surface area contributed by atoms with Gasteiger partial charge in [0.1, 0.15) is 5.76 Å². The lowest BCUT2D eigenvalue weighted by Crippen LogP contribution is -2.23. The third-order valence-corrected chi connectivity index (χ3v) is 2.91. The standard InChI is InChI=1S/C14H13N3O2/c1-9-7-16-13(19-9)8-17-14(18)11-3-2-4-12-10(11)5-6-15-12/h2-7,15H,8H2,1H3,(H,17,18). The van der Waals surface area contributed by atoms with E-state index < -0.39 is 0 Å². The summed E-state index contributed by atoms with van der Waals surface area (Å²) in [6.07, 6.45) is 3.45. The Morgan fingerprint density at radius 3 is 3.11 bits per heavy atom. The number of benzene rings is 1. The van der Waals surface area contributed by atoms with Gasteiger partial charge in [0.2, 0.25) is 5.89 Å². The van der Waals surface area contributed by atoms with Crippen LogP contribution in [0.5, 0.6) is 0 Å². The Morgan fingerprint density at radius 1 is 1.42 bits per heavy atom. The highest BCUT2D eigenvalue weighted by Gasteiger charge is 2.11. The molecule has 5 heteroatoms. The van der Waals surface area contributed by atoms with Crippen molar-refractivity contribution in [2.75, 3.05) is 0 Å². The van der Waals surface area contributed by atoms with Crippen molar-refractivity contribution < 1.29 is 9.21 Å². The van der Waals surface area contributed by atoms with Crippen LogP contribution in [0.4, 0.5) is 0 Å². The average molecular weight is 255 g/mol. The number of amides is 1. The van der Waals surface area contributed by atoms with Crippen LogP contribution in [0.2, 0.25) is 0 Å². The van der Waals surface area contributed by atoms with Gasteiger partial charge >= 0.3 is 0 Å². The van der Waals surface area contributed by atoms with E-state index in [0.717, 1.165) is 16.7 Å². The molecule has 96 valence electrons. The Bertz CT molecular complexity index is 727. The molecule has 2 aromatic heterocycles. The van der Waals surface area contributed by atoms with Crippen molar-refractivity contribution in [2.45, 2.75) is 13.5 Å². The van der Waals surface area contributed by atoms with Crippen LogP contribution < -0.4 is 5.32 Å². The first-order chi connectivity index (χ1) is 9.24. The molecule has 0 fully saturated rings. The summed E-state index contributed by atoms with van der Waals surface area (Å²) in [6, 6.07) is 7.47. The molecule has 3 aromatic rings. The zero-order valence-electron chi connectivity index (χ0n) is 10.4. The van der Waals surface area contributed by atoms with Gasteiger partial charge < -0.3 is 14.7 Å². The van der Waals surface area contributed by atoms with Crippen molar-refractivity contribution in [1.29, 1.82) is 0 Å². The minimum atomic E-state index is -0.138. The molecule has 0 aliphatic heterocycles. The molecule has 0 radical (unpaired) electrons. The van der Waals surface area contributed by atoms with Crippen molar-refractivity contribution in [3.8, 4) is 0 Å². The van der Waals surface area contributed by atoms with Gasteiger partial charge in [0, 0.05) is 22.7 Å². The molecule has 0 spiro atoms. The molecule has 2 heterocycles. The second-order valence-electron chi connectivity index (χ2n) is 4.29. The summed E-state index contributed by atoms with van der Waals surface area (Å²) in [5, 5.41) is 3.71. The zero-order chi connectivity index (χ0) is 13.2. The third-order valence-electron chi connectivity index (χ3n) is 2.91. The lowest BCUT2D eigenvalue weighted by molar-refractivity contribution is 0.0949. The molecule has 2 N–H and O–H groups in total. The fraction of sp³-hybridized carbons (Fsp3) is 0.143. The van der Waals surface area contributed by atoms with Crippen molar-refractivity contribution in [3.63, 3.8) is 0 Å². The number of nitrogens with one attached hydrogen (secondary N) is 2. The molecule has 0 saturated carbocycles. The number of aromatic nitrogens is 2. The number of H-pyrrole nitrogens is 1. The van der Waals surface area contributed by atoms with Crippen LogP contribution in [-0.4, -0.2) is 15.9 Å². The molecule has 1 amide bonds. The van der Waals surface area contributed by atoms with Crippen LogP contribution in [0.3, 0.4) is 0 Å². The monoisotopic (exact) mass is 255 g/mol. The highest BCUT2D eigenvalue weighted by molar-refractivity contribution is 6.06. The predicted octanol–water partition coefficient (Wildman–Crippen LogP) is 2.39. The van der Waals surface area contributed by atoms with E-state index in [9.17, 15) is 4.79 Å². The molecule has 0 aliphatic carbocycles. The van der Waals surface area contributed by atoms with Gasteiger partial charge in [0.05, 0.1) is 12.7 Å². The van der Waals surface area contributed by atoms with Crippen LogP contribution in [0.25, 0.3) is 10.9 Å². The van der Waals surface area contributed by atoms with Crippen molar-refractivity contribution >= 4 is 16.8 Å². The van der Waals surface area contributed by atoms with E-state index in [1.807, 2.05) is 31.3 Å². The first kappa shape index (κ1) is 11.5. The normalized spacial score (nSPS) is 10.8. The fourth-order valence-electron chi connectivity index (χ4n) is 2.02. The molecular formula is C14H13N3O2. The van der Waals surface area contributed by atoms with E-state index >= 15 is 0 Å². The van der Waals surface area contributed by atoms with E-state index in [-0.39, 0.29) is 12.5 Å². The molecule has 0 bridgehead atoms. The maximum Gasteiger partial charge on any atom is 0.252 e. The van der Waals surface area contributed by atoms with Crippen molar-refractivity contribution in [2.24, 2.45) is 0 Å². The van der Waals surface area contributed by atoms with Gasteiger partial charge in [-0.25, -0.2) is 4.98 Å². The summed E-state index contributed by atoms with van der Waals surface area (Å²) in [7, 11) is 0. The molecule has 0 saturated heterocycles. The maximum absolute atomic E-state index is 12.1. The van der Waals surface area contributed by atoms with Gasteiger partial charge in [-0.05, 0) is 25.1 Å². The summed E-state index contributed by atoms with van der Waals surface area (Å²) in [6.45, 7) is 2.10. The minimum absolute atomic E-state index is 0.138. The van der Waals surface area contributed by atoms with E-state index in [1.165, 1.54) is 0 Å². The number of aromatic amines is 1. The van der Waals surface area contributed by atoms with E-state index in [4.69, 9.17) is 4.42 Å². The lowest BCUT2D eigenvalue weighted by Gasteiger charge is -2.04. The average Bonchev–Trinajstić information content (AvgIpc) is 3.03. The zero-order valence-corrected chi connectivity index (χ0v) is 10.4. The molecule has 19 heavy (non-hydrogen) atoms. The van der Waals surface area contributed by atoms with Gasteiger partial charge in [0.25, 0.3) is 5.91 Å². The fourth-order valence-corrected chi connectivity index (χ4v) is 2.02. The predicted molar refractivity (Wildman–Crippen MR) is 70.7 cm³/mol. The van der Waals surface area contributed by atoms with E-state index in [1.54, 1.807) is 12.3 Å². The van der Waals surface area contributed by atoms with E-state index in [0.29, 0.717) is 11.5 Å². The van der Waals surface area contributed by atoms with Gasteiger partial charge in [-0.2, -0.15) is 0 Å². The Labute approximate surface area is 109 Å². The summed E-state index contributed by atoms with van der Waals surface area (Å²) in [4.78, 5) is 19.3. The maximum atomic E-state index is 12.1. The summed E-state index contributed by atoms with van der Waals surface area (Å²) < 4.78 is 5.31. The van der Waals surface area contributed by atoms with Crippen LogP contribution in [0, 0.1) is 6.92 Å². The molecule has 0 aliphatic rings. The largest absolute Gasteiger partial charge is 0.444 e. The smallest absolute Gasteiger partial charge is 0.252 e. The number of hydrogen-bond acceptors (Lipinski definition) is 3. The summed E-state index contributed by atoms with van der Waals surface area (Å²) in [5.74, 6) is 1.10. The number of hydrogen-bond donors (Lipinski definition) is 2. The first-order valence-corrected chi connectivity index (χ1v) is 5.99. The minimum Gasteiger partial charge on any atom is -0.444 e. The molecule has 0 atom stereocenters. The summed E-state index contributed by atoms with van der Waals surface area (Å²) >= 11 is 0. The first-order valence-electron chi connectivity index (χ1n) is 5.99. The van der Waals surface area contributed by atoms with Crippen LogP contribution in [-0.2, 0) is 6.54 Å². The Hall–Kier alpha value is -2.56. The second kappa shape index (κ2) is 4.61. The molecule has 0 unspecified atom stereocenters. The van der Waals surface area contributed by atoms with Gasteiger partial charge in [-0.3, -0.25) is 4.79 Å². The van der Waals surface area contributed by atoms with Crippen LogP contribution >= 0.6 is 0 Å². The molecule has 5 nitrogen and oxygen atoms in total. The molecule has 1 aromatic carbocycles. The van der Waals surface area contributed by atoms with Gasteiger partial charge in [0.15, 0.2) is 0 Å². The number of oxazole rings is 1. The SMILES string of the molecule is Cc1cnc(CNC(=O)c2cccc3[nH]ccc23)o1. The lowest BCUT2D eigenvalue weighted by atomic mass is 10.1. The van der Waals surface area contributed by atoms with Crippen molar-refractivity contribution in [1.82, 2.24) is 15.3 Å². The van der Waals surface area contributed by atoms with E-state index in [2.05, 4.69) is 15.3 Å². The Kier molecular flexibility index (Phi) is 2.79. The number of rotatable bonds is 3. The Balaban J connectivity index is 1.78. The topological polar surface area (TPSA) is 70.9 Å². The number of nitrogens with zero attached hydrogens (tertiary/aromatic N) is 1. The molecule has 3 rings (SSSR count). The van der Waals surface area contributed by atoms with Crippen LogP contribution in [0.1, 0.15) is 22.0 Å². The quantitative estimate of drug-likeness (QED) is 0.755. The highest BCUT2D eigenvalue weighted by atomic mass is 16.4. The number of carbonyl (C=O) groups excluding carboxylic acids is 1. The second-order valence-corrected chi connectivity index (χ2v) is 4.29. The number of carbonyl (C=O) groups is 1. The van der Waals surface area contributed by atoms with Crippen LogP contribution in [0.15, 0.2) is 41.1 Å². The molecular weight excluding hydrogens is 242 g/mol. The Morgan fingerprint density at radius 2 is 2.32 bits per heavy atom. The van der Waals surface area contributed by atoms with Crippen molar-refractivity contribution in [3.05, 3.63) is 53.9 Å².